The van der Waals surface area contributed by atoms with Crippen molar-refractivity contribution in [3.05, 3.63) is 57.0 Å². The van der Waals surface area contributed by atoms with E-state index in [1.54, 1.807) is 7.11 Å². The van der Waals surface area contributed by atoms with Crippen LogP contribution in [0, 0.1) is 16.7 Å². The average Bonchev–Trinajstić information content (AvgIpc) is 2.69. The molecule has 3 nitrogen and oxygen atoms in total. The number of rotatable bonds is 7. The first-order chi connectivity index (χ1) is 15.2. The zero-order chi connectivity index (χ0) is 22.6. The van der Waals surface area contributed by atoms with E-state index in [0.29, 0.717) is 22.5 Å². The van der Waals surface area contributed by atoms with Gasteiger partial charge in [-0.1, -0.05) is 53.5 Å². The lowest BCUT2D eigenvalue weighted by atomic mass is 9.43. The molecule has 6 rings (SSSR count). The van der Waals surface area contributed by atoms with Crippen molar-refractivity contribution in [1.82, 2.24) is 5.32 Å². The predicted molar refractivity (Wildman–Crippen MR) is 133 cm³/mol. The maximum atomic E-state index is 6.10. The van der Waals surface area contributed by atoms with E-state index < -0.39 is 0 Å². The van der Waals surface area contributed by atoms with E-state index in [1.165, 1.54) is 44.1 Å². The van der Waals surface area contributed by atoms with Gasteiger partial charge in [0.05, 0.1) is 7.11 Å². The molecule has 32 heavy (non-hydrogen) atoms. The van der Waals surface area contributed by atoms with Crippen molar-refractivity contribution >= 4 is 27.5 Å². The van der Waals surface area contributed by atoms with Gasteiger partial charge in [0.1, 0.15) is 6.61 Å². The van der Waals surface area contributed by atoms with Crippen LogP contribution < -0.4 is 14.8 Å². The summed E-state index contributed by atoms with van der Waals surface area (Å²) in [5, 5.41) is 4.74. The highest BCUT2D eigenvalue weighted by Gasteiger charge is 2.59. The van der Waals surface area contributed by atoms with Crippen LogP contribution in [0.4, 0.5) is 0 Å². The summed E-state index contributed by atoms with van der Waals surface area (Å²) in [5.41, 5.74) is 3.53. The van der Waals surface area contributed by atoms with Gasteiger partial charge in [-0.2, -0.15) is 0 Å². The quantitative estimate of drug-likeness (QED) is 0.411. The summed E-state index contributed by atoms with van der Waals surface area (Å²) in [5.74, 6) is 2.38. The molecule has 4 aliphatic carbocycles. The Morgan fingerprint density at radius 1 is 1.03 bits per heavy atom. The number of halogens is 2. The molecule has 4 fully saturated rings. The number of hydrogen-bond acceptors (Lipinski definition) is 3. The molecule has 4 aliphatic rings. The Bertz CT molecular complexity index is 1010. The van der Waals surface area contributed by atoms with Gasteiger partial charge in [-0.05, 0) is 90.7 Å². The maximum Gasteiger partial charge on any atom is 0.162 e. The van der Waals surface area contributed by atoms with E-state index in [4.69, 9.17) is 21.1 Å². The van der Waals surface area contributed by atoms with Crippen LogP contribution in [0.15, 0.2) is 40.9 Å². The Labute approximate surface area is 205 Å². The minimum Gasteiger partial charge on any atom is -0.493 e. The van der Waals surface area contributed by atoms with Crippen molar-refractivity contribution < 1.29 is 9.47 Å². The molecule has 0 aromatic heterocycles. The number of hydrogen-bond donors (Lipinski definition) is 1. The van der Waals surface area contributed by atoms with E-state index >= 15 is 0 Å². The van der Waals surface area contributed by atoms with Gasteiger partial charge >= 0.3 is 0 Å². The molecule has 4 bridgehead atoms. The highest BCUT2D eigenvalue weighted by atomic mass is 79.9. The van der Waals surface area contributed by atoms with E-state index in [1.807, 2.05) is 30.3 Å². The standard InChI is InChI=1S/C27H33BrClNO2/c1-25-10-19-11-26(2,15-25)17-27(12-19,16-25)30-13-20-8-23(31-3)24(9-22(20)28)32-14-18-5-4-6-21(29)7-18/h4-9,19,30H,10-17H2,1-3H3. The van der Waals surface area contributed by atoms with Gasteiger partial charge in [0.25, 0.3) is 0 Å². The fourth-order valence-corrected chi connectivity index (χ4v) is 8.38. The van der Waals surface area contributed by atoms with E-state index in [9.17, 15) is 0 Å². The van der Waals surface area contributed by atoms with Gasteiger partial charge in [0.2, 0.25) is 0 Å². The van der Waals surface area contributed by atoms with Crippen LogP contribution in [0.2, 0.25) is 5.02 Å². The van der Waals surface area contributed by atoms with Crippen molar-refractivity contribution in [1.29, 1.82) is 0 Å². The fourth-order valence-electron chi connectivity index (χ4n) is 7.70. The second-order valence-corrected chi connectivity index (χ2v) is 12.6. The van der Waals surface area contributed by atoms with Gasteiger partial charge in [-0.3, -0.25) is 0 Å². The van der Waals surface area contributed by atoms with Crippen LogP contribution in [0.25, 0.3) is 0 Å². The monoisotopic (exact) mass is 517 g/mol. The summed E-state index contributed by atoms with van der Waals surface area (Å²) >= 11 is 9.88. The molecule has 4 saturated carbocycles. The van der Waals surface area contributed by atoms with Crippen molar-refractivity contribution in [3.8, 4) is 11.5 Å². The lowest BCUT2D eigenvalue weighted by Crippen LogP contribution is -2.63. The second-order valence-electron chi connectivity index (χ2n) is 11.3. The summed E-state index contributed by atoms with van der Waals surface area (Å²) in [6.45, 7) is 6.33. The van der Waals surface area contributed by atoms with Gasteiger partial charge < -0.3 is 14.8 Å². The van der Waals surface area contributed by atoms with Gasteiger partial charge in [0, 0.05) is 21.6 Å². The van der Waals surface area contributed by atoms with Crippen LogP contribution in [-0.4, -0.2) is 12.6 Å². The smallest absolute Gasteiger partial charge is 0.162 e. The Balaban J connectivity index is 1.30. The molecule has 0 spiro atoms. The molecule has 2 atom stereocenters. The summed E-state index contributed by atoms with van der Waals surface area (Å²) in [6, 6.07) is 11.9. The molecule has 2 aromatic carbocycles. The summed E-state index contributed by atoms with van der Waals surface area (Å²) in [6.07, 6.45) is 8.18. The van der Waals surface area contributed by atoms with Gasteiger partial charge in [-0.15, -0.1) is 0 Å². The Morgan fingerprint density at radius 2 is 1.78 bits per heavy atom. The Hall–Kier alpha value is -1.23. The summed E-state index contributed by atoms with van der Waals surface area (Å²) in [7, 11) is 1.70. The normalized spacial score (nSPS) is 32.8. The first-order valence-corrected chi connectivity index (χ1v) is 12.8. The molecule has 2 aromatic rings. The Kier molecular flexibility index (Phi) is 5.79. The molecule has 0 amide bonds. The van der Waals surface area contributed by atoms with Crippen molar-refractivity contribution in [2.75, 3.05) is 7.11 Å². The fraction of sp³-hybridized carbons (Fsp3) is 0.556. The third kappa shape index (κ3) is 4.43. The number of nitrogens with one attached hydrogen (secondary N) is 1. The number of methoxy groups -OCH3 is 1. The molecule has 1 N–H and O–H groups in total. The zero-order valence-electron chi connectivity index (χ0n) is 19.3. The molecule has 2 unspecified atom stereocenters. The first kappa shape index (κ1) is 22.6. The second kappa shape index (κ2) is 8.21. The van der Waals surface area contributed by atoms with Gasteiger partial charge in [-0.25, -0.2) is 0 Å². The van der Waals surface area contributed by atoms with E-state index in [2.05, 4.69) is 41.2 Å². The van der Waals surface area contributed by atoms with E-state index in [-0.39, 0.29) is 5.54 Å². The largest absolute Gasteiger partial charge is 0.493 e. The first-order valence-electron chi connectivity index (χ1n) is 11.7. The minimum atomic E-state index is 0.275. The lowest BCUT2D eigenvalue weighted by molar-refractivity contribution is -0.118. The minimum absolute atomic E-state index is 0.275. The number of ether oxygens (including phenoxy) is 2. The molecular weight excluding hydrogens is 486 g/mol. The third-order valence-electron chi connectivity index (χ3n) is 7.90. The van der Waals surface area contributed by atoms with Crippen LogP contribution in [-0.2, 0) is 13.2 Å². The van der Waals surface area contributed by atoms with Crippen LogP contribution in [0.1, 0.15) is 63.5 Å². The SMILES string of the molecule is COc1cc(CNC23CC4CC(C)(CC(C)(C4)C2)C3)c(Br)cc1OCc1cccc(Cl)c1. The highest BCUT2D eigenvalue weighted by molar-refractivity contribution is 9.10. The molecule has 0 radical (unpaired) electrons. The average molecular weight is 519 g/mol. The summed E-state index contributed by atoms with van der Waals surface area (Å²) in [4.78, 5) is 0. The molecule has 0 saturated heterocycles. The van der Waals surface area contributed by atoms with Gasteiger partial charge in [0.15, 0.2) is 11.5 Å². The van der Waals surface area contributed by atoms with Crippen molar-refractivity contribution in [3.63, 3.8) is 0 Å². The molecular formula is C27H33BrClNO2. The maximum absolute atomic E-state index is 6.10. The Morgan fingerprint density at radius 3 is 2.44 bits per heavy atom. The van der Waals surface area contributed by atoms with Crippen LogP contribution >= 0.6 is 27.5 Å². The lowest BCUT2D eigenvalue weighted by Gasteiger charge is -2.65. The molecule has 5 heteroatoms. The molecule has 172 valence electrons. The van der Waals surface area contributed by atoms with Crippen LogP contribution in [0.3, 0.4) is 0 Å². The number of benzene rings is 2. The van der Waals surface area contributed by atoms with Crippen molar-refractivity contribution in [2.45, 2.75) is 71.1 Å². The molecule has 0 aliphatic heterocycles. The topological polar surface area (TPSA) is 30.5 Å². The summed E-state index contributed by atoms with van der Waals surface area (Å²) < 4.78 is 12.8. The van der Waals surface area contributed by atoms with Crippen LogP contribution in [0.5, 0.6) is 11.5 Å². The molecule has 0 heterocycles. The van der Waals surface area contributed by atoms with Crippen molar-refractivity contribution in [2.24, 2.45) is 16.7 Å². The highest BCUT2D eigenvalue weighted by Crippen LogP contribution is 2.66. The predicted octanol–water partition coefficient (Wildman–Crippen LogP) is 7.53. The zero-order valence-corrected chi connectivity index (χ0v) is 21.6. The van der Waals surface area contributed by atoms with E-state index in [0.717, 1.165) is 34.0 Å². The third-order valence-corrected chi connectivity index (χ3v) is 8.87.